The quantitative estimate of drug-likeness (QED) is 0.449. The highest BCUT2D eigenvalue weighted by Crippen LogP contribution is 2.64. The van der Waals surface area contributed by atoms with Crippen molar-refractivity contribution in [3.8, 4) is 0 Å². The minimum atomic E-state index is -0.587. The zero-order valence-corrected chi connectivity index (χ0v) is 21.7. The maximum Gasteiger partial charge on any atom is 0.157 e. The van der Waals surface area contributed by atoms with Gasteiger partial charge in [0.1, 0.15) is 0 Å². The van der Waals surface area contributed by atoms with E-state index >= 15 is 0 Å². The molecule has 0 spiro atoms. The molecule has 1 saturated heterocycles. The van der Waals surface area contributed by atoms with Crippen LogP contribution in [0.15, 0.2) is 11.6 Å². The first kappa shape index (κ1) is 25.7. The van der Waals surface area contributed by atoms with E-state index in [1.165, 1.54) is 25.7 Å². The van der Waals surface area contributed by atoms with E-state index in [2.05, 4.69) is 33.8 Å². The molecule has 2 heterocycles. The lowest BCUT2D eigenvalue weighted by molar-refractivity contribution is -0.138. The van der Waals surface area contributed by atoms with E-state index in [1.807, 2.05) is 0 Å². The largest absolute Gasteiger partial charge is 0.396 e. The molecule has 2 saturated carbocycles. The summed E-state index contributed by atoms with van der Waals surface area (Å²) in [5, 5.41) is 21.1. The molecule has 4 aliphatic rings. The number of hydrogen-bond donors (Lipinski definition) is 2. The van der Waals surface area contributed by atoms with Crippen molar-refractivity contribution in [3.05, 3.63) is 11.6 Å². The third kappa shape index (κ3) is 5.10. The number of hydrogen-bond acceptors (Lipinski definition) is 4. The van der Waals surface area contributed by atoms with Crippen molar-refractivity contribution in [2.45, 2.75) is 111 Å². The normalized spacial score (nSPS) is 46.5. The zero-order chi connectivity index (χ0) is 23.6. The Morgan fingerprint density at radius 2 is 1.91 bits per heavy atom. The Morgan fingerprint density at radius 1 is 1.09 bits per heavy atom. The molecule has 0 bridgehead atoms. The van der Waals surface area contributed by atoms with E-state index in [-0.39, 0.29) is 22.9 Å². The van der Waals surface area contributed by atoms with Gasteiger partial charge < -0.3 is 19.7 Å². The maximum atomic E-state index is 10.6. The molecular weight excluding hydrogens is 412 g/mol. The second kappa shape index (κ2) is 10.7. The summed E-state index contributed by atoms with van der Waals surface area (Å²) in [5.41, 5.74) is 1.90. The van der Waals surface area contributed by atoms with Gasteiger partial charge in [-0.25, -0.2) is 0 Å². The lowest BCUT2D eigenvalue weighted by Crippen LogP contribution is -2.55. The van der Waals surface area contributed by atoms with Crippen LogP contribution in [0.25, 0.3) is 0 Å². The van der Waals surface area contributed by atoms with Gasteiger partial charge in [-0.15, -0.1) is 0 Å². The topological polar surface area (TPSA) is 58.9 Å². The third-order valence-electron chi connectivity index (χ3n) is 10.5. The van der Waals surface area contributed by atoms with Crippen LogP contribution in [-0.2, 0) is 9.47 Å². The Labute approximate surface area is 202 Å². The summed E-state index contributed by atoms with van der Waals surface area (Å²) in [7, 11) is 0. The molecule has 0 aromatic heterocycles. The summed E-state index contributed by atoms with van der Waals surface area (Å²) < 4.78 is 11.7. The van der Waals surface area contributed by atoms with Gasteiger partial charge in [-0.2, -0.15) is 0 Å². The SMILES string of the molecule is CCCC1CC(CCC2C(C)C(C3=CCCOCC3)CC3C(C)(CO)CCCC23C)C(O)O1. The van der Waals surface area contributed by atoms with E-state index in [0.717, 1.165) is 58.2 Å². The lowest BCUT2D eigenvalue weighted by atomic mass is 9.43. The first-order valence-electron chi connectivity index (χ1n) is 14.0. The summed E-state index contributed by atoms with van der Waals surface area (Å²) >= 11 is 0. The first-order chi connectivity index (χ1) is 15.8. The maximum absolute atomic E-state index is 10.6. The van der Waals surface area contributed by atoms with Crippen LogP contribution in [0.4, 0.5) is 0 Å². The molecule has 9 unspecified atom stereocenters. The van der Waals surface area contributed by atoms with Gasteiger partial charge in [-0.05, 0) is 92.3 Å². The Morgan fingerprint density at radius 3 is 2.67 bits per heavy atom. The van der Waals surface area contributed by atoms with Crippen LogP contribution >= 0.6 is 0 Å². The Kier molecular flexibility index (Phi) is 8.31. The van der Waals surface area contributed by atoms with E-state index in [4.69, 9.17) is 9.47 Å². The highest BCUT2D eigenvalue weighted by molar-refractivity contribution is 5.16. The predicted octanol–water partition coefficient (Wildman–Crippen LogP) is 6.10. The summed E-state index contributed by atoms with van der Waals surface area (Å²) in [5.74, 6) is 2.67. The fourth-order valence-corrected chi connectivity index (χ4v) is 8.67. The van der Waals surface area contributed by atoms with Crippen LogP contribution in [0, 0.1) is 40.4 Å². The summed E-state index contributed by atoms with van der Waals surface area (Å²) in [6.45, 7) is 11.6. The van der Waals surface area contributed by atoms with Gasteiger partial charge in [-0.1, -0.05) is 52.2 Å². The first-order valence-corrected chi connectivity index (χ1v) is 14.0. The summed E-state index contributed by atoms with van der Waals surface area (Å²) in [6.07, 6.45) is 14.5. The molecule has 0 amide bonds. The molecule has 4 nitrogen and oxygen atoms in total. The number of rotatable bonds is 7. The predicted molar refractivity (Wildman–Crippen MR) is 133 cm³/mol. The van der Waals surface area contributed by atoms with Gasteiger partial charge in [0.15, 0.2) is 6.29 Å². The molecule has 0 aromatic carbocycles. The van der Waals surface area contributed by atoms with E-state index in [9.17, 15) is 10.2 Å². The van der Waals surface area contributed by atoms with Gasteiger partial charge in [0.2, 0.25) is 0 Å². The molecule has 4 rings (SSSR count). The third-order valence-corrected chi connectivity index (χ3v) is 10.5. The number of ether oxygens (including phenoxy) is 2. The molecule has 2 aliphatic carbocycles. The fourth-order valence-electron chi connectivity index (χ4n) is 8.67. The molecule has 4 heteroatoms. The number of aliphatic hydroxyl groups is 2. The van der Waals surface area contributed by atoms with Crippen LogP contribution in [0.5, 0.6) is 0 Å². The minimum absolute atomic E-state index is 0.0215. The number of fused-ring (bicyclic) bond motifs is 1. The van der Waals surface area contributed by atoms with Crippen molar-refractivity contribution >= 4 is 0 Å². The smallest absolute Gasteiger partial charge is 0.157 e. The van der Waals surface area contributed by atoms with Crippen LogP contribution in [0.1, 0.15) is 98.3 Å². The van der Waals surface area contributed by atoms with Gasteiger partial charge in [0.05, 0.1) is 19.3 Å². The van der Waals surface area contributed by atoms with Crippen LogP contribution < -0.4 is 0 Å². The van der Waals surface area contributed by atoms with Gasteiger partial charge in [0.25, 0.3) is 0 Å². The Balaban J connectivity index is 1.57. The van der Waals surface area contributed by atoms with Gasteiger partial charge in [-0.3, -0.25) is 0 Å². The van der Waals surface area contributed by atoms with Crippen LogP contribution in [0.3, 0.4) is 0 Å². The molecular formula is C29H50O4. The average molecular weight is 463 g/mol. The standard InChI is InChI=1S/C29H50O4/c1-5-8-23-17-22(27(31)33-23)10-11-25-20(2)24(21-9-6-15-32-16-12-21)18-26-28(3,19-30)13-7-14-29(25,26)4/h9,20,22-27,30-31H,5-8,10-19H2,1-4H3. The van der Waals surface area contributed by atoms with E-state index in [0.29, 0.717) is 30.3 Å². The van der Waals surface area contributed by atoms with Crippen molar-refractivity contribution in [1.82, 2.24) is 0 Å². The van der Waals surface area contributed by atoms with Crippen LogP contribution in [0.2, 0.25) is 0 Å². The molecule has 0 aromatic rings. The molecule has 3 fully saturated rings. The monoisotopic (exact) mass is 462 g/mol. The molecule has 190 valence electrons. The minimum Gasteiger partial charge on any atom is -0.396 e. The second-order valence-electron chi connectivity index (χ2n) is 12.5. The summed E-state index contributed by atoms with van der Waals surface area (Å²) in [6, 6.07) is 0. The average Bonchev–Trinajstić information content (AvgIpc) is 2.97. The lowest BCUT2D eigenvalue weighted by Gasteiger charge is -2.62. The van der Waals surface area contributed by atoms with E-state index < -0.39 is 6.29 Å². The molecule has 2 aliphatic heterocycles. The van der Waals surface area contributed by atoms with Crippen molar-refractivity contribution < 1.29 is 19.7 Å². The summed E-state index contributed by atoms with van der Waals surface area (Å²) in [4.78, 5) is 0. The highest BCUT2D eigenvalue weighted by Gasteiger charge is 2.57. The van der Waals surface area contributed by atoms with Crippen molar-refractivity contribution in [3.63, 3.8) is 0 Å². The highest BCUT2D eigenvalue weighted by atomic mass is 16.6. The van der Waals surface area contributed by atoms with Crippen molar-refractivity contribution in [2.75, 3.05) is 19.8 Å². The zero-order valence-electron chi connectivity index (χ0n) is 21.7. The molecule has 2 N–H and O–H groups in total. The molecule has 9 atom stereocenters. The van der Waals surface area contributed by atoms with Gasteiger partial charge in [0, 0.05) is 12.5 Å². The fraction of sp³-hybridized carbons (Fsp3) is 0.931. The second-order valence-corrected chi connectivity index (χ2v) is 12.5. The van der Waals surface area contributed by atoms with Crippen molar-refractivity contribution in [2.24, 2.45) is 40.4 Å². The van der Waals surface area contributed by atoms with Crippen LogP contribution in [-0.4, -0.2) is 42.4 Å². The van der Waals surface area contributed by atoms with Gasteiger partial charge >= 0.3 is 0 Å². The van der Waals surface area contributed by atoms with Crippen molar-refractivity contribution in [1.29, 1.82) is 0 Å². The Bertz CT molecular complexity index is 677. The molecule has 0 radical (unpaired) electrons. The Hall–Kier alpha value is -0.420. The van der Waals surface area contributed by atoms with E-state index in [1.54, 1.807) is 5.57 Å². The number of aliphatic hydroxyl groups excluding tert-OH is 2. The molecule has 33 heavy (non-hydrogen) atoms.